The lowest BCUT2D eigenvalue weighted by atomic mass is 9.96. The van der Waals surface area contributed by atoms with E-state index >= 15 is 0 Å². The van der Waals surface area contributed by atoms with Crippen LogP contribution in [-0.2, 0) is 11.2 Å². The molecule has 2 atom stereocenters. The summed E-state index contributed by atoms with van der Waals surface area (Å²) >= 11 is 12.4. The number of hydrogen-bond donors (Lipinski definition) is 1. The molecule has 1 aromatic carbocycles. The van der Waals surface area contributed by atoms with E-state index in [1.54, 1.807) is 12.4 Å². The van der Waals surface area contributed by atoms with Gasteiger partial charge in [0.25, 0.3) is 0 Å². The van der Waals surface area contributed by atoms with E-state index in [-0.39, 0.29) is 17.9 Å². The highest BCUT2D eigenvalue weighted by molar-refractivity contribution is 6.42. The maximum absolute atomic E-state index is 13.6. The van der Waals surface area contributed by atoms with E-state index in [9.17, 15) is 4.79 Å². The molecule has 1 saturated heterocycles. The SMILES string of the molecule is CC(C)NC[C@@H](C(=O)N1CCN(c2ncnc3c2[C@H](C)CC3)CC1)c1ccc(Cl)c(Cl)c1. The number of anilines is 1. The van der Waals surface area contributed by atoms with Crippen LogP contribution in [0.2, 0.25) is 10.0 Å². The molecule has 2 heterocycles. The molecule has 0 radical (unpaired) electrons. The van der Waals surface area contributed by atoms with Crippen LogP contribution in [0.4, 0.5) is 5.82 Å². The first kappa shape index (κ1) is 23.3. The molecule has 0 bridgehead atoms. The first-order valence-corrected chi connectivity index (χ1v) is 12.2. The summed E-state index contributed by atoms with van der Waals surface area (Å²) in [4.78, 5) is 26.9. The molecule has 1 aliphatic carbocycles. The quantitative estimate of drug-likeness (QED) is 0.675. The summed E-state index contributed by atoms with van der Waals surface area (Å²) in [5, 5.41) is 4.39. The number of aromatic nitrogens is 2. The van der Waals surface area contributed by atoms with Crippen molar-refractivity contribution in [1.29, 1.82) is 0 Å². The van der Waals surface area contributed by atoms with Gasteiger partial charge in [-0.2, -0.15) is 0 Å². The van der Waals surface area contributed by atoms with Crippen LogP contribution in [0.25, 0.3) is 0 Å². The maximum atomic E-state index is 13.6. The minimum atomic E-state index is -0.304. The second-order valence-electron chi connectivity index (χ2n) is 9.10. The van der Waals surface area contributed by atoms with Crippen molar-refractivity contribution in [2.75, 3.05) is 37.6 Å². The van der Waals surface area contributed by atoms with Crippen molar-refractivity contribution in [1.82, 2.24) is 20.2 Å². The molecular weight excluding hydrogens is 445 g/mol. The normalized spacial score (nSPS) is 19.4. The second kappa shape index (κ2) is 9.94. The molecule has 2 aromatic rings. The number of piperazine rings is 1. The third-order valence-corrected chi connectivity index (χ3v) is 7.26. The van der Waals surface area contributed by atoms with Crippen LogP contribution < -0.4 is 10.2 Å². The van der Waals surface area contributed by atoms with Crippen molar-refractivity contribution in [3.63, 3.8) is 0 Å². The number of amides is 1. The van der Waals surface area contributed by atoms with Crippen molar-refractivity contribution in [2.24, 2.45) is 0 Å². The predicted molar refractivity (Wildman–Crippen MR) is 130 cm³/mol. The van der Waals surface area contributed by atoms with E-state index in [1.165, 1.54) is 11.3 Å². The van der Waals surface area contributed by atoms with E-state index in [2.05, 4.69) is 41.0 Å². The highest BCUT2D eigenvalue weighted by Crippen LogP contribution is 2.37. The van der Waals surface area contributed by atoms with Gasteiger partial charge in [-0.25, -0.2) is 9.97 Å². The summed E-state index contributed by atoms with van der Waals surface area (Å²) in [5.41, 5.74) is 3.37. The predicted octanol–water partition coefficient (Wildman–Crippen LogP) is 4.26. The molecule has 32 heavy (non-hydrogen) atoms. The molecule has 4 rings (SSSR count). The van der Waals surface area contributed by atoms with Crippen LogP contribution in [0.3, 0.4) is 0 Å². The maximum Gasteiger partial charge on any atom is 0.231 e. The summed E-state index contributed by atoms with van der Waals surface area (Å²) in [7, 11) is 0. The molecule has 172 valence electrons. The lowest BCUT2D eigenvalue weighted by Crippen LogP contribution is -2.51. The average Bonchev–Trinajstić information content (AvgIpc) is 3.17. The van der Waals surface area contributed by atoms with E-state index in [0.717, 1.165) is 37.3 Å². The zero-order valence-corrected chi connectivity index (χ0v) is 20.5. The Kier molecular flexibility index (Phi) is 7.23. The summed E-state index contributed by atoms with van der Waals surface area (Å²) < 4.78 is 0. The number of hydrogen-bond acceptors (Lipinski definition) is 5. The van der Waals surface area contributed by atoms with E-state index in [4.69, 9.17) is 23.2 Å². The largest absolute Gasteiger partial charge is 0.353 e. The number of halogens is 2. The molecule has 6 nitrogen and oxygen atoms in total. The summed E-state index contributed by atoms with van der Waals surface area (Å²) in [6, 6.07) is 5.77. The van der Waals surface area contributed by atoms with Crippen molar-refractivity contribution in [3.8, 4) is 0 Å². The third kappa shape index (κ3) is 4.87. The van der Waals surface area contributed by atoms with Crippen LogP contribution in [0.15, 0.2) is 24.5 Å². The first-order valence-electron chi connectivity index (χ1n) is 11.4. The van der Waals surface area contributed by atoms with Crippen molar-refractivity contribution in [3.05, 3.63) is 51.4 Å². The van der Waals surface area contributed by atoms with Crippen molar-refractivity contribution < 1.29 is 4.79 Å². The second-order valence-corrected chi connectivity index (χ2v) is 9.91. The average molecular weight is 476 g/mol. The fourth-order valence-electron chi connectivity index (χ4n) is 4.66. The van der Waals surface area contributed by atoms with Gasteiger partial charge in [0.1, 0.15) is 12.1 Å². The van der Waals surface area contributed by atoms with Crippen molar-refractivity contribution in [2.45, 2.75) is 51.5 Å². The Morgan fingerprint density at radius 2 is 1.91 bits per heavy atom. The van der Waals surface area contributed by atoms with Crippen LogP contribution in [0.5, 0.6) is 0 Å². The van der Waals surface area contributed by atoms with Crippen molar-refractivity contribution >= 4 is 34.9 Å². The number of rotatable bonds is 6. The molecule has 1 aromatic heterocycles. The number of benzene rings is 1. The van der Waals surface area contributed by atoms with Gasteiger partial charge in [0.05, 0.1) is 16.0 Å². The topological polar surface area (TPSA) is 61.4 Å². The summed E-state index contributed by atoms with van der Waals surface area (Å²) in [5.74, 6) is 1.36. The molecule has 1 N–H and O–H groups in total. The van der Waals surface area contributed by atoms with Gasteiger partial charge in [-0.3, -0.25) is 4.79 Å². The Balaban J connectivity index is 1.48. The lowest BCUT2D eigenvalue weighted by Gasteiger charge is -2.38. The minimum absolute atomic E-state index is 0.123. The van der Waals surface area contributed by atoms with Gasteiger partial charge in [0.2, 0.25) is 5.91 Å². The molecule has 0 unspecified atom stereocenters. The number of nitrogens with zero attached hydrogens (tertiary/aromatic N) is 4. The van der Waals surface area contributed by atoms with Gasteiger partial charge in [-0.1, -0.05) is 50.0 Å². The van der Waals surface area contributed by atoms with E-state index in [0.29, 0.717) is 35.6 Å². The highest BCUT2D eigenvalue weighted by atomic mass is 35.5. The Bertz CT molecular complexity index is 975. The highest BCUT2D eigenvalue weighted by Gasteiger charge is 2.32. The van der Waals surface area contributed by atoms with Gasteiger partial charge >= 0.3 is 0 Å². The minimum Gasteiger partial charge on any atom is -0.353 e. The van der Waals surface area contributed by atoms with Gasteiger partial charge < -0.3 is 15.1 Å². The monoisotopic (exact) mass is 475 g/mol. The zero-order chi connectivity index (χ0) is 22.8. The Labute approximate surface area is 200 Å². The van der Waals surface area contributed by atoms with Crippen LogP contribution in [0.1, 0.15) is 55.8 Å². The lowest BCUT2D eigenvalue weighted by molar-refractivity contribution is -0.133. The third-order valence-electron chi connectivity index (χ3n) is 6.52. The first-order chi connectivity index (χ1) is 15.3. The molecule has 1 aliphatic heterocycles. The van der Waals surface area contributed by atoms with E-state index in [1.807, 2.05) is 17.0 Å². The van der Waals surface area contributed by atoms with E-state index < -0.39 is 0 Å². The Hall–Kier alpha value is -1.89. The van der Waals surface area contributed by atoms with Gasteiger partial charge in [-0.05, 0) is 36.5 Å². The van der Waals surface area contributed by atoms with Gasteiger partial charge in [0, 0.05) is 50.0 Å². The Morgan fingerprint density at radius 1 is 1.16 bits per heavy atom. The molecular formula is C24H31Cl2N5O. The van der Waals surface area contributed by atoms with Crippen LogP contribution in [-0.4, -0.2) is 59.5 Å². The number of aryl methyl sites for hydroxylation is 1. The summed E-state index contributed by atoms with van der Waals surface area (Å²) in [6.07, 6.45) is 3.84. The smallest absolute Gasteiger partial charge is 0.231 e. The number of fused-ring (bicyclic) bond motifs is 1. The summed E-state index contributed by atoms with van der Waals surface area (Å²) in [6.45, 7) is 9.86. The van der Waals surface area contributed by atoms with Gasteiger partial charge in [-0.15, -0.1) is 0 Å². The van der Waals surface area contributed by atoms with Crippen LogP contribution >= 0.6 is 23.2 Å². The fourth-order valence-corrected chi connectivity index (χ4v) is 4.97. The van der Waals surface area contributed by atoms with Crippen LogP contribution in [0, 0.1) is 0 Å². The number of carbonyl (C=O) groups excluding carboxylic acids is 1. The molecule has 1 fully saturated rings. The number of nitrogens with one attached hydrogen (secondary N) is 1. The molecule has 0 spiro atoms. The Morgan fingerprint density at radius 3 is 2.59 bits per heavy atom. The molecule has 2 aliphatic rings. The molecule has 1 amide bonds. The fraction of sp³-hybridized carbons (Fsp3) is 0.542. The zero-order valence-electron chi connectivity index (χ0n) is 18.9. The molecule has 0 saturated carbocycles. The standard InChI is InChI=1S/C24H31Cl2N5O/c1-15(2)27-13-18(17-5-6-19(25)20(26)12-17)24(32)31-10-8-30(9-11-31)23-22-16(3)4-7-21(22)28-14-29-23/h5-6,12,14-16,18,27H,4,7-11,13H2,1-3H3/t16-,18-/m1/s1. The number of carbonyl (C=O) groups is 1. The van der Waals surface area contributed by atoms with Gasteiger partial charge in [0.15, 0.2) is 0 Å². The molecule has 8 heteroatoms.